The quantitative estimate of drug-likeness (QED) is 0.0607. The topological polar surface area (TPSA) is 133 Å². The minimum absolute atomic E-state index is 0.131. The van der Waals surface area contributed by atoms with Crippen molar-refractivity contribution in [3.05, 3.63) is 22.3 Å². The van der Waals surface area contributed by atoms with E-state index in [1.807, 2.05) is 0 Å². The summed E-state index contributed by atoms with van der Waals surface area (Å²) >= 11 is 0. The molecule has 0 radical (unpaired) electrons. The summed E-state index contributed by atoms with van der Waals surface area (Å²) in [7, 11) is -4.67. The van der Waals surface area contributed by atoms with Gasteiger partial charge in [-0.05, 0) is 87.8 Å². The van der Waals surface area contributed by atoms with Gasteiger partial charge >= 0.3 is 7.82 Å². The Balaban J connectivity index is 1.68. The van der Waals surface area contributed by atoms with Crippen LogP contribution in [0.3, 0.4) is 0 Å². The van der Waals surface area contributed by atoms with Crippen molar-refractivity contribution < 1.29 is 47.7 Å². The number of aliphatic hydroxyl groups is 1. The summed E-state index contributed by atoms with van der Waals surface area (Å²) in [5.41, 5.74) is 4.57. The average Bonchev–Trinajstić information content (AvgIpc) is 3.02. The number of hydrogen-bond donors (Lipinski definition) is 3. The molecule has 1 aliphatic rings. The largest absolute Gasteiger partial charge is 0.491 e. The van der Waals surface area contributed by atoms with Crippen LogP contribution in [0.2, 0.25) is 0 Å². The average molecular weight is 717 g/mol. The first-order valence-corrected chi connectivity index (χ1v) is 20.2. The van der Waals surface area contributed by atoms with Crippen molar-refractivity contribution in [3.63, 3.8) is 0 Å². The van der Waals surface area contributed by atoms with Crippen LogP contribution in [-0.4, -0.2) is 79.5 Å². The third-order valence-corrected chi connectivity index (χ3v) is 10.4. The summed E-state index contributed by atoms with van der Waals surface area (Å²) in [5, 5.41) is 9.10. The summed E-state index contributed by atoms with van der Waals surface area (Å²) in [6.45, 7) is 19.6. The molecule has 1 aromatic rings. The van der Waals surface area contributed by atoms with Crippen LogP contribution in [0.25, 0.3) is 0 Å². The lowest BCUT2D eigenvalue weighted by Gasteiger charge is -2.38. The van der Waals surface area contributed by atoms with Crippen LogP contribution < -0.4 is 9.47 Å². The first kappa shape index (κ1) is 43.9. The molecular weight excluding hydrogens is 647 g/mol. The van der Waals surface area contributed by atoms with Crippen molar-refractivity contribution in [2.75, 3.05) is 52.9 Å². The van der Waals surface area contributed by atoms with Gasteiger partial charge in [-0.25, -0.2) is 4.57 Å². The van der Waals surface area contributed by atoms with E-state index in [2.05, 4.69) is 59.9 Å². The molecule has 2 rings (SSSR count). The van der Waals surface area contributed by atoms with Gasteiger partial charge in [0.15, 0.2) is 0 Å². The fourth-order valence-corrected chi connectivity index (χ4v) is 7.16. The third-order valence-electron chi connectivity index (χ3n) is 9.85. The molecular formula is C38H69O10P. The summed E-state index contributed by atoms with van der Waals surface area (Å²) < 4.78 is 44.7. The molecule has 286 valence electrons. The van der Waals surface area contributed by atoms with Crippen LogP contribution in [0.4, 0.5) is 0 Å². The number of rotatable bonds is 27. The molecule has 1 aromatic carbocycles. The van der Waals surface area contributed by atoms with E-state index in [0.29, 0.717) is 26.4 Å². The number of ether oxygens (including phenoxy) is 5. The first-order valence-electron chi connectivity index (χ1n) is 18.7. The number of aliphatic hydroxyl groups excluding tert-OH is 1. The van der Waals surface area contributed by atoms with Crippen molar-refractivity contribution >= 4 is 7.82 Å². The van der Waals surface area contributed by atoms with Crippen molar-refractivity contribution in [2.24, 2.45) is 17.8 Å². The summed E-state index contributed by atoms with van der Waals surface area (Å²) in [6.07, 6.45) is 12.6. The van der Waals surface area contributed by atoms with Gasteiger partial charge < -0.3 is 38.6 Å². The van der Waals surface area contributed by atoms with Gasteiger partial charge in [0.1, 0.15) is 29.8 Å². The molecule has 0 bridgehead atoms. The zero-order chi connectivity index (χ0) is 36.5. The molecule has 1 aliphatic heterocycles. The van der Waals surface area contributed by atoms with E-state index in [4.69, 9.17) is 38.6 Å². The Labute approximate surface area is 297 Å². The fraction of sp³-hybridized carbons (Fsp3) is 0.842. The predicted octanol–water partition coefficient (Wildman–Crippen LogP) is 8.03. The van der Waals surface area contributed by atoms with Gasteiger partial charge in [-0.2, -0.15) is 0 Å². The number of fused-ring (bicyclic) bond motifs is 1. The SMILES string of the molecule is Cc1c(C)c2c(c(C)c1OCCOCCOCCOCC(CO)OP(=O)(O)O)CCC(C)(CCCC(C)CCCC(C)CCCC(C)C)O2. The number of phosphoric ester groups is 1. The predicted molar refractivity (Wildman–Crippen MR) is 195 cm³/mol. The van der Waals surface area contributed by atoms with E-state index in [9.17, 15) is 4.57 Å². The second-order valence-electron chi connectivity index (χ2n) is 15.0. The zero-order valence-corrected chi connectivity index (χ0v) is 32.8. The molecule has 49 heavy (non-hydrogen) atoms. The Morgan fingerprint density at radius 3 is 1.90 bits per heavy atom. The van der Waals surface area contributed by atoms with Gasteiger partial charge in [-0.15, -0.1) is 0 Å². The van der Waals surface area contributed by atoms with Crippen molar-refractivity contribution in [2.45, 2.75) is 138 Å². The standard InChI is InChI=1S/C38H69O10P/c1-28(2)12-9-13-29(3)14-10-15-30(4)16-11-18-38(8)19-17-35-33(7)36(31(5)32(6)37(35)47-38)46-25-24-44-21-20-43-22-23-45-27-34(26-39)48-49(40,41)42/h28-30,34,39H,9-27H2,1-8H3,(H2,40,41,42). The second kappa shape index (κ2) is 22.7. The highest BCUT2D eigenvalue weighted by Crippen LogP contribution is 2.45. The van der Waals surface area contributed by atoms with E-state index in [-0.39, 0.29) is 25.4 Å². The number of phosphoric acid groups is 1. The molecule has 4 unspecified atom stereocenters. The summed E-state index contributed by atoms with van der Waals surface area (Å²) in [6, 6.07) is 0. The minimum Gasteiger partial charge on any atom is -0.491 e. The molecule has 10 nitrogen and oxygen atoms in total. The van der Waals surface area contributed by atoms with E-state index in [1.54, 1.807) is 0 Å². The molecule has 11 heteroatoms. The lowest BCUT2D eigenvalue weighted by Crippen LogP contribution is -2.37. The van der Waals surface area contributed by atoms with Gasteiger partial charge in [0, 0.05) is 5.56 Å². The molecule has 0 saturated heterocycles. The van der Waals surface area contributed by atoms with Gasteiger partial charge in [-0.1, -0.05) is 72.6 Å². The Morgan fingerprint density at radius 2 is 1.33 bits per heavy atom. The molecule has 0 fully saturated rings. The molecule has 4 atom stereocenters. The lowest BCUT2D eigenvalue weighted by molar-refractivity contribution is -0.0235. The maximum Gasteiger partial charge on any atom is 0.470 e. The van der Waals surface area contributed by atoms with Crippen LogP contribution in [0.5, 0.6) is 11.5 Å². The van der Waals surface area contributed by atoms with Gasteiger partial charge in [-0.3, -0.25) is 4.52 Å². The minimum atomic E-state index is -4.67. The molecule has 0 aliphatic carbocycles. The smallest absolute Gasteiger partial charge is 0.470 e. The normalized spacial score (nSPS) is 18.3. The Hall–Kier alpha value is -1.23. The molecule has 0 amide bonds. The molecule has 0 saturated carbocycles. The van der Waals surface area contributed by atoms with E-state index >= 15 is 0 Å². The van der Waals surface area contributed by atoms with Crippen molar-refractivity contribution in [3.8, 4) is 11.5 Å². The summed E-state index contributed by atoms with van der Waals surface area (Å²) in [5.74, 6) is 4.41. The monoisotopic (exact) mass is 716 g/mol. The zero-order valence-electron chi connectivity index (χ0n) is 31.9. The maximum atomic E-state index is 10.8. The van der Waals surface area contributed by atoms with E-state index in [1.165, 1.54) is 56.9 Å². The van der Waals surface area contributed by atoms with Crippen LogP contribution in [-0.2, 0) is 29.7 Å². The van der Waals surface area contributed by atoms with Crippen LogP contribution >= 0.6 is 7.82 Å². The Morgan fingerprint density at radius 1 is 0.776 bits per heavy atom. The first-order chi connectivity index (χ1) is 23.2. The third kappa shape index (κ3) is 17.2. The lowest BCUT2D eigenvalue weighted by atomic mass is 9.83. The summed E-state index contributed by atoms with van der Waals surface area (Å²) in [4.78, 5) is 17.6. The van der Waals surface area contributed by atoms with Crippen molar-refractivity contribution in [1.29, 1.82) is 0 Å². The van der Waals surface area contributed by atoms with Crippen LogP contribution in [0, 0.1) is 38.5 Å². The van der Waals surface area contributed by atoms with Gasteiger partial charge in [0.2, 0.25) is 0 Å². The van der Waals surface area contributed by atoms with Gasteiger partial charge in [0.25, 0.3) is 0 Å². The highest BCUT2D eigenvalue weighted by Gasteiger charge is 2.34. The molecule has 0 aromatic heterocycles. The Kier molecular flexibility index (Phi) is 20.3. The highest BCUT2D eigenvalue weighted by atomic mass is 31.2. The molecule has 0 spiro atoms. The number of hydrogen-bond acceptors (Lipinski definition) is 8. The van der Waals surface area contributed by atoms with E-state index in [0.717, 1.165) is 65.2 Å². The van der Waals surface area contributed by atoms with Crippen molar-refractivity contribution in [1.82, 2.24) is 0 Å². The van der Waals surface area contributed by atoms with Crippen LogP contribution in [0.1, 0.15) is 121 Å². The van der Waals surface area contributed by atoms with Gasteiger partial charge in [0.05, 0.1) is 46.2 Å². The Bertz CT molecular complexity index is 1120. The second-order valence-corrected chi connectivity index (χ2v) is 16.2. The van der Waals surface area contributed by atoms with Crippen LogP contribution in [0.15, 0.2) is 0 Å². The molecule has 1 heterocycles. The van der Waals surface area contributed by atoms with E-state index < -0.39 is 20.5 Å². The molecule has 3 N–H and O–H groups in total. The fourth-order valence-electron chi connectivity index (χ4n) is 6.64. The highest BCUT2D eigenvalue weighted by molar-refractivity contribution is 7.46. The maximum absolute atomic E-state index is 10.8. The number of benzene rings is 1.